The third kappa shape index (κ3) is 4.06. The Morgan fingerprint density at radius 2 is 2.11 bits per heavy atom. The van der Waals surface area contributed by atoms with Gasteiger partial charge in [0.1, 0.15) is 0 Å². The highest BCUT2D eigenvalue weighted by atomic mass is 16.6. The highest BCUT2D eigenvalue weighted by molar-refractivity contribution is 5.93. The van der Waals surface area contributed by atoms with E-state index in [0.717, 1.165) is 49.1 Å². The van der Waals surface area contributed by atoms with E-state index in [4.69, 9.17) is 0 Å². The zero-order valence-corrected chi connectivity index (χ0v) is 15.0. The fourth-order valence-electron chi connectivity index (χ4n) is 3.81. The second-order valence-electron chi connectivity index (χ2n) is 7.05. The molecule has 2 aromatic carbocycles. The van der Waals surface area contributed by atoms with Crippen molar-refractivity contribution in [3.05, 3.63) is 76.6 Å². The first-order chi connectivity index (χ1) is 13.2. The van der Waals surface area contributed by atoms with E-state index in [0.29, 0.717) is 6.04 Å². The Bertz CT molecular complexity index is 954. The largest absolute Gasteiger partial charge is 0.381 e. The van der Waals surface area contributed by atoms with Gasteiger partial charge in [0.15, 0.2) is 0 Å². The monoisotopic (exact) mass is 362 g/mol. The molecule has 27 heavy (non-hydrogen) atoms. The standard InChI is InChI=1S/C21H22N4O2/c26-25(27)19-7-1-4-16(12-19)14-24-11-3-6-18(15-24)23-21-8-2-5-17-13-22-10-9-20(17)21/h1-2,4-5,7-10,12-13,18,23H,3,6,11,14-15H2. The molecule has 0 radical (unpaired) electrons. The molecule has 0 aliphatic carbocycles. The number of hydrogen-bond donors (Lipinski definition) is 1. The number of piperidine rings is 1. The van der Waals surface area contributed by atoms with Gasteiger partial charge in [0.05, 0.1) is 4.92 Å². The van der Waals surface area contributed by atoms with E-state index in [1.165, 1.54) is 5.39 Å². The molecule has 1 aromatic heterocycles. The summed E-state index contributed by atoms with van der Waals surface area (Å²) in [7, 11) is 0. The molecule has 1 N–H and O–H groups in total. The number of likely N-dealkylation sites (tertiary alicyclic amines) is 1. The average molecular weight is 362 g/mol. The lowest BCUT2D eigenvalue weighted by molar-refractivity contribution is -0.384. The molecule has 2 heterocycles. The van der Waals surface area contributed by atoms with Crippen LogP contribution in [0.25, 0.3) is 10.8 Å². The summed E-state index contributed by atoms with van der Waals surface area (Å²) in [5.41, 5.74) is 2.28. The first-order valence-corrected chi connectivity index (χ1v) is 9.24. The van der Waals surface area contributed by atoms with Crippen LogP contribution in [-0.4, -0.2) is 33.9 Å². The Morgan fingerprint density at radius 3 is 3.00 bits per heavy atom. The number of hydrogen-bond acceptors (Lipinski definition) is 5. The molecule has 0 spiro atoms. The van der Waals surface area contributed by atoms with Crippen molar-refractivity contribution in [1.29, 1.82) is 0 Å². The summed E-state index contributed by atoms with van der Waals surface area (Å²) in [6, 6.07) is 15.6. The minimum atomic E-state index is -0.334. The SMILES string of the molecule is O=[N+]([O-])c1cccc(CN2CCCC(Nc3cccc4cnccc34)C2)c1. The lowest BCUT2D eigenvalue weighted by Gasteiger charge is -2.34. The molecule has 4 rings (SSSR count). The van der Waals surface area contributed by atoms with E-state index in [-0.39, 0.29) is 10.6 Å². The first kappa shape index (κ1) is 17.4. The van der Waals surface area contributed by atoms with Gasteiger partial charge in [-0.2, -0.15) is 0 Å². The quantitative estimate of drug-likeness (QED) is 0.543. The van der Waals surface area contributed by atoms with Crippen LogP contribution < -0.4 is 5.32 Å². The van der Waals surface area contributed by atoms with Gasteiger partial charge in [0.2, 0.25) is 0 Å². The van der Waals surface area contributed by atoms with Gasteiger partial charge in [0, 0.05) is 60.1 Å². The predicted octanol–water partition coefficient (Wildman–Crippen LogP) is 4.22. The number of rotatable bonds is 5. The van der Waals surface area contributed by atoms with Crippen molar-refractivity contribution in [2.75, 3.05) is 18.4 Å². The van der Waals surface area contributed by atoms with Crippen molar-refractivity contribution in [2.45, 2.75) is 25.4 Å². The Labute approximate surface area is 158 Å². The smallest absolute Gasteiger partial charge is 0.269 e. The molecule has 0 saturated carbocycles. The van der Waals surface area contributed by atoms with Gasteiger partial charge >= 0.3 is 0 Å². The van der Waals surface area contributed by atoms with Crippen molar-refractivity contribution in [2.24, 2.45) is 0 Å². The molecule has 138 valence electrons. The number of aromatic nitrogens is 1. The van der Waals surface area contributed by atoms with Crippen LogP contribution in [0.5, 0.6) is 0 Å². The number of non-ortho nitro benzene ring substituents is 1. The van der Waals surface area contributed by atoms with E-state index >= 15 is 0 Å². The van der Waals surface area contributed by atoms with Gasteiger partial charge in [-0.15, -0.1) is 0 Å². The number of pyridine rings is 1. The minimum absolute atomic E-state index is 0.156. The molecule has 1 fully saturated rings. The average Bonchev–Trinajstić information content (AvgIpc) is 2.69. The molecule has 0 bridgehead atoms. The van der Waals surface area contributed by atoms with Gasteiger partial charge < -0.3 is 5.32 Å². The van der Waals surface area contributed by atoms with Crippen LogP contribution in [0.3, 0.4) is 0 Å². The molecule has 1 saturated heterocycles. The summed E-state index contributed by atoms with van der Waals surface area (Å²) in [5.74, 6) is 0. The normalized spacial score (nSPS) is 17.7. The number of nitrogens with zero attached hydrogens (tertiary/aromatic N) is 3. The molecule has 3 aromatic rings. The van der Waals surface area contributed by atoms with Crippen LogP contribution in [0.4, 0.5) is 11.4 Å². The number of nitrogens with one attached hydrogen (secondary N) is 1. The van der Waals surface area contributed by atoms with Crippen LogP contribution in [0.1, 0.15) is 18.4 Å². The molecule has 6 heteroatoms. The Kier molecular flexibility index (Phi) is 4.98. The number of benzene rings is 2. The van der Waals surface area contributed by atoms with Gasteiger partial charge in [-0.25, -0.2) is 0 Å². The maximum Gasteiger partial charge on any atom is 0.269 e. The fourth-order valence-corrected chi connectivity index (χ4v) is 3.81. The van der Waals surface area contributed by atoms with E-state index in [2.05, 4.69) is 33.4 Å². The maximum atomic E-state index is 11.0. The Hall–Kier alpha value is -2.99. The Morgan fingerprint density at radius 1 is 1.22 bits per heavy atom. The number of fused-ring (bicyclic) bond motifs is 1. The lowest BCUT2D eigenvalue weighted by atomic mass is 10.0. The second kappa shape index (κ2) is 7.72. The zero-order valence-electron chi connectivity index (χ0n) is 15.0. The van der Waals surface area contributed by atoms with Crippen molar-refractivity contribution in [3.63, 3.8) is 0 Å². The summed E-state index contributed by atoms with van der Waals surface area (Å²) in [6.45, 7) is 2.67. The number of anilines is 1. The summed E-state index contributed by atoms with van der Waals surface area (Å²) >= 11 is 0. The minimum Gasteiger partial charge on any atom is -0.381 e. The molecule has 1 atom stereocenters. The number of nitro groups is 1. The molecular weight excluding hydrogens is 340 g/mol. The van der Waals surface area contributed by atoms with Crippen molar-refractivity contribution in [1.82, 2.24) is 9.88 Å². The molecular formula is C21H22N4O2. The zero-order chi connectivity index (χ0) is 18.6. The number of nitro benzene ring substituents is 1. The third-order valence-electron chi connectivity index (χ3n) is 5.07. The summed E-state index contributed by atoms with van der Waals surface area (Å²) in [4.78, 5) is 17.2. The Balaban J connectivity index is 1.45. The van der Waals surface area contributed by atoms with Gasteiger partial charge in [0.25, 0.3) is 5.69 Å². The maximum absolute atomic E-state index is 11.0. The highest BCUT2D eigenvalue weighted by Gasteiger charge is 2.21. The van der Waals surface area contributed by atoms with E-state index in [1.807, 2.05) is 24.5 Å². The third-order valence-corrected chi connectivity index (χ3v) is 5.07. The van der Waals surface area contributed by atoms with Crippen molar-refractivity contribution >= 4 is 22.1 Å². The molecule has 0 amide bonds. The summed E-state index contributed by atoms with van der Waals surface area (Å²) in [6.07, 6.45) is 5.94. The van der Waals surface area contributed by atoms with E-state index in [1.54, 1.807) is 18.2 Å². The van der Waals surface area contributed by atoms with Crippen LogP contribution in [-0.2, 0) is 6.54 Å². The summed E-state index contributed by atoms with van der Waals surface area (Å²) < 4.78 is 0. The van der Waals surface area contributed by atoms with Gasteiger partial charge in [-0.05, 0) is 37.1 Å². The first-order valence-electron chi connectivity index (χ1n) is 9.24. The van der Waals surface area contributed by atoms with Crippen molar-refractivity contribution < 1.29 is 4.92 Å². The second-order valence-corrected chi connectivity index (χ2v) is 7.05. The lowest BCUT2D eigenvalue weighted by Crippen LogP contribution is -2.41. The molecule has 1 aliphatic rings. The fraction of sp³-hybridized carbons (Fsp3) is 0.286. The molecule has 1 unspecified atom stereocenters. The van der Waals surface area contributed by atoms with Crippen LogP contribution >= 0.6 is 0 Å². The van der Waals surface area contributed by atoms with E-state index < -0.39 is 0 Å². The highest BCUT2D eigenvalue weighted by Crippen LogP contribution is 2.25. The van der Waals surface area contributed by atoms with Crippen LogP contribution in [0.15, 0.2) is 60.9 Å². The van der Waals surface area contributed by atoms with E-state index in [9.17, 15) is 10.1 Å². The topological polar surface area (TPSA) is 71.3 Å². The van der Waals surface area contributed by atoms with Crippen LogP contribution in [0.2, 0.25) is 0 Å². The predicted molar refractivity (Wildman–Crippen MR) is 107 cm³/mol. The summed E-state index contributed by atoms with van der Waals surface area (Å²) in [5, 5.41) is 17.0. The van der Waals surface area contributed by atoms with Gasteiger partial charge in [-0.1, -0.05) is 24.3 Å². The van der Waals surface area contributed by atoms with Crippen molar-refractivity contribution in [3.8, 4) is 0 Å². The van der Waals surface area contributed by atoms with Gasteiger partial charge in [-0.3, -0.25) is 20.0 Å². The molecule has 6 nitrogen and oxygen atoms in total. The van der Waals surface area contributed by atoms with Crippen LogP contribution in [0, 0.1) is 10.1 Å². The molecule has 1 aliphatic heterocycles.